The van der Waals surface area contributed by atoms with Crippen molar-refractivity contribution in [3.05, 3.63) is 18.1 Å². The van der Waals surface area contributed by atoms with Crippen LogP contribution in [-0.4, -0.2) is 34.1 Å². The second-order valence-electron chi connectivity index (χ2n) is 4.80. The molecule has 2 aromatic heterocycles. The summed E-state index contributed by atoms with van der Waals surface area (Å²) in [6, 6.07) is 1.81. The van der Waals surface area contributed by atoms with Gasteiger partial charge < -0.3 is 9.67 Å². The first-order chi connectivity index (χ1) is 7.99. The molecule has 2 aromatic rings. The zero-order chi connectivity index (χ0) is 12.6. The molecule has 0 atom stereocenters. The Morgan fingerprint density at radius 3 is 2.76 bits per heavy atom. The number of aromatic nitrogens is 3. The molecule has 0 aliphatic rings. The predicted octanol–water partition coefficient (Wildman–Crippen LogP) is 0.515. The van der Waals surface area contributed by atoms with E-state index in [0.717, 1.165) is 23.4 Å². The monoisotopic (exact) mass is 229 g/mol. The van der Waals surface area contributed by atoms with Gasteiger partial charge in [-0.1, -0.05) is 12.4 Å². The van der Waals surface area contributed by atoms with Crippen molar-refractivity contribution in [2.45, 2.75) is 32.7 Å². The number of rotatable bonds is 3. The Balaban J connectivity index is 2.75. The molecule has 17 heavy (non-hydrogen) atoms. The van der Waals surface area contributed by atoms with Crippen LogP contribution >= 0.6 is 0 Å². The quantitative estimate of drug-likeness (QED) is 0.780. The van der Waals surface area contributed by atoms with Gasteiger partial charge in [0, 0.05) is 12.6 Å². The van der Waals surface area contributed by atoms with Crippen molar-refractivity contribution >= 4 is 24.5 Å². The first-order valence-electron chi connectivity index (χ1n) is 5.73. The summed E-state index contributed by atoms with van der Waals surface area (Å²) in [6.07, 6.45) is 2.41. The molecule has 4 nitrogen and oxygen atoms in total. The van der Waals surface area contributed by atoms with Crippen LogP contribution in [0.4, 0.5) is 0 Å². The fourth-order valence-electron chi connectivity index (χ4n) is 1.97. The molecule has 2 radical (unpaired) electrons. The molecule has 0 saturated carbocycles. The zero-order valence-corrected chi connectivity index (χ0v) is 10.4. The second kappa shape index (κ2) is 4.15. The summed E-state index contributed by atoms with van der Waals surface area (Å²) in [5, 5.41) is 9.50. The highest BCUT2D eigenvalue weighted by Gasteiger charge is 2.25. The number of aliphatic hydroxyl groups is 1. The summed E-state index contributed by atoms with van der Waals surface area (Å²) >= 11 is 0. The second-order valence-corrected chi connectivity index (χ2v) is 4.80. The minimum Gasteiger partial charge on any atom is -0.394 e. The third-order valence-electron chi connectivity index (χ3n) is 2.90. The summed E-state index contributed by atoms with van der Waals surface area (Å²) in [7, 11) is 5.71. The van der Waals surface area contributed by atoms with Gasteiger partial charge in [-0.05, 0) is 19.9 Å². The van der Waals surface area contributed by atoms with Crippen LogP contribution in [0.25, 0.3) is 11.2 Å². The van der Waals surface area contributed by atoms with Gasteiger partial charge in [0.15, 0.2) is 5.65 Å². The average molecular weight is 229 g/mol. The summed E-state index contributed by atoms with van der Waals surface area (Å²) in [6.45, 7) is 6.00. The normalized spacial score (nSPS) is 12.2. The molecule has 0 fully saturated rings. The smallest absolute Gasteiger partial charge is 0.160 e. The Bertz CT molecular complexity index is 548. The molecular formula is C12H16BN3O. The van der Waals surface area contributed by atoms with E-state index in [0.29, 0.717) is 5.46 Å². The van der Waals surface area contributed by atoms with E-state index in [1.54, 1.807) is 6.20 Å². The van der Waals surface area contributed by atoms with Crippen molar-refractivity contribution in [2.24, 2.45) is 0 Å². The average Bonchev–Trinajstić information content (AvgIpc) is 2.67. The highest BCUT2D eigenvalue weighted by molar-refractivity contribution is 6.32. The molecule has 88 valence electrons. The fourth-order valence-corrected chi connectivity index (χ4v) is 1.97. The molecule has 0 unspecified atom stereocenters. The lowest BCUT2D eigenvalue weighted by Crippen LogP contribution is -2.32. The Kier molecular flexibility index (Phi) is 2.95. The lowest BCUT2D eigenvalue weighted by Gasteiger charge is -2.26. The van der Waals surface area contributed by atoms with Gasteiger partial charge in [0.05, 0.1) is 12.1 Å². The Morgan fingerprint density at radius 2 is 2.18 bits per heavy atom. The van der Waals surface area contributed by atoms with Crippen molar-refractivity contribution in [1.82, 2.24) is 14.5 Å². The van der Waals surface area contributed by atoms with Crippen LogP contribution in [0, 0.1) is 0 Å². The summed E-state index contributed by atoms with van der Waals surface area (Å²) < 4.78 is 1.99. The van der Waals surface area contributed by atoms with Crippen LogP contribution in [-0.2, 0) is 12.0 Å². The summed E-state index contributed by atoms with van der Waals surface area (Å²) in [5.41, 5.74) is 1.74. The van der Waals surface area contributed by atoms with E-state index in [9.17, 15) is 5.11 Å². The van der Waals surface area contributed by atoms with Crippen LogP contribution < -0.4 is 5.46 Å². The van der Waals surface area contributed by atoms with Gasteiger partial charge in [-0.25, -0.2) is 9.97 Å². The van der Waals surface area contributed by atoms with Gasteiger partial charge in [0.2, 0.25) is 0 Å². The molecule has 0 saturated heterocycles. The van der Waals surface area contributed by atoms with Crippen molar-refractivity contribution < 1.29 is 5.11 Å². The molecule has 0 bridgehead atoms. The van der Waals surface area contributed by atoms with E-state index < -0.39 is 5.54 Å². The van der Waals surface area contributed by atoms with Crippen molar-refractivity contribution in [1.29, 1.82) is 0 Å². The minimum atomic E-state index is -0.413. The van der Waals surface area contributed by atoms with E-state index >= 15 is 0 Å². The molecule has 1 N–H and O–H groups in total. The molecule has 0 amide bonds. The summed E-state index contributed by atoms with van der Waals surface area (Å²) in [5.74, 6) is 0.914. The molecule has 0 aliphatic heterocycles. The van der Waals surface area contributed by atoms with Gasteiger partial charge in [0.1, 0.15) is 19.2 Å². The van der Waals surface area contributed by atoms with Crippen molar-refractivity contribution in [2.75, 3.05) is 6.61 Å². The first-order valence-corrected chi connectivity index (χ1v) is 5.73. The fraction of sp³-hybridized carbons (Fsp3) is 0.500. The third kappa shape index (κ3) is 1.95. The zero-order valence-electron chi connectivity index (χ0n) is 10.4. The molecule has 2 rings (SSSR count). The molecule has 5 heteroatoms. The van der Waals surface area contributed by atoms with Crippen LogP contribution in [0.3, 0.4) is 0 Å². The lowest BCUT2D eigenvalue weighted by atomic mass is 9.99. The maximum atomic E-state index is 9.50. The number of nitrogens with zero attached hydrogens (tertiary/aromatic N) is 3. The minimum absolute atomic E-state index is 0.0392. The van der Waals surface area contributed by atoms with Gasteiger partial charge in [0.25, 0.3) is 0 Å². The van der Waals surface area contributed by atoms with E-state index in [2.05, 4.69) is 9.97 Å². The molecular weight excluding hydrogens is 213 g/mol. The van der Waals surface area contributed by atoms with Crippen molar-refractivity contribution in [3.63, 3.8) is 0 Å². The van der Waals surface area contributed by atoms with E-state index in [4.69, 9.17) is 7.85 Å². The first kappa shape index (κ1) is 12.1. The van der Waals surface area contributed by atoms with E-state index in [1.165, 1.54) is 0 Å². The number of hydrogen-bond donors (Lipinski definition) is 1. The number of aryl methyl sites for hydroxylation is 1. The van der Waals surface area contributed by atoms with Gasteiger partial charge in [-0.3, -0.25) is 0 Å². The number of fused-ring (bicyclic) bond motifs is 1. The van der Waals surface area contributed by atoms with Crippen molar-refractivity contribution in [3.8, 4) is 0 Å². The highest BCUT2D eigenvalue weighted by atomic mass is 16.3. The van der Waals surface area contributed by atoms with Crippen LogP contribution in [0.15, 0.2) is 12.3 Å². The number of pyridine rings is 1. The molecule has 0 aliphatic carbocycles. The SMILES string of the molecule is [B]c1cnc2c(c1)nc(CC)n2C(C)(C)CO. The number of imidazole rings is 1. The topological polar surface area (TPSA) is 50.9 Å². The maximum absolute atomic E-state index is 9.50. The Labute approximate surface area is 102 Å². The van der Waals surface area contributed by atoms with Gasteiger partial charge >= 0.3 is 0 Å². The number of aliphatic hydroxyl groups excluding tert-OH is 1. The molecule has 0 aromatic carbocycles. The van der Waals surface area contributed by atoms with Gasteiger partial charge in [-0.15, -0.1) is 0 Å². The highest BCUT2D eigenvalue weighted by Crippen LogP contribution is 2.23. The standard InChI is InChI=1S/C12H16BN3O/c1-4-10-15-9-5-8(13)6-14-11(9)16(10)12(2,3)7-17/h5-6,17H,4,7H2,1-3H3. The molecule has 0 spiro atoms. The Morgan fingerprint density at radius 1 is 1.47 bits per heavy atom. The number of hydrogen-bond acceptors (Lipinski definition) is 3. The largest absolute Gasteiger partial charge is 0.394 e. The van der Waals surface area contributed by atoms with Crippen LogP contribution in [0.1, 0.15) is 26.6 Å². The van der Waals surface area contributed by atoms with Crippen LogP contribution in [0.2, 0.25) is 0 Å². The Hall–Kier alpha value is -1.36. The maximum Gasteiger partial charge on any atom is 0.160 e. The van der Waals surface area contributed by atoms with E-state index in [1.807, 2.05) is 31.4 Å². The third-order valence-corrected chi connectivity index (χ3v) is 2.90. The molecule has 2 heterocycles. The van der Waals surface area contributed by atoms with E-state index in [-0.39, 0.29) is 6.61 Å². The van der Waals surface area contributed by atoms with Crippen LogP contribution in [0.5, 0.6) is 0 Å². The summed E-state index contributed by atoms with van der Waals surface area (Å²) in [4.78, 5) is 8.84. The predicted molar refractivity (Wildman–Crippen MR) is 68.7 cm³/mol. The lowest BCUT2D eigenvalue weighted by molar-refractivity contribution is 0.164. The van der Waals surface area contributed by atoms with Gasteiger partial charge in [-0.2, -0.15) is 0 Å².